The van der Waals surface area contributed by atoms with Crippen LogP contribution in [0.2, 0.25) is 10.0 Å². The van der Waals surface area contributed by atoms with E-state index in [0.717, 1.165) is 18.5 Å². The van der Waals surface area contributed by atoms with Crippen molar-refractivity contribution < 1.29 is 4.79 Å². The van der Waals surface area contributed by atoms with E-state index >= 15 is 0 Å². The van der Waals surface area contributed by atoms with Crippen LogP contribution < -0.4 is 10.6 Å². The number of carbonyl (C=O) groups excluding carboxylic acids is 1. The van der Waals surface area contributed by atoms with Crippen LogP contribution in [0, 0.1) is 0 Å². The van der Waals surface area contributed by atoms with Gasteiger partial charge in [0.2, 0.25) is 6.41 Å². The van der Waals surface area contributed by atoms with Crippen LogP contribution in [0.3, 0.4) is 0 Å². The van der Waals surface area contributed by atoms with E-state index in [4.69, 9.17) is 23.2 Å². The second-order valence-corrected chi connectivity index (χ2v) is 6.57. The van der Waals surface area contributed by atoms with Gasteiger partial charge in [-0.2, -0.15) is 0 Å². The largest absolute Gasteiger partial charge is 0.329 e. The van der Waals surface area contributed by atoms with Gasteiger partial charge in [0.25, 0.3) is 0 Å². The highest BCUT2D eigenvalue weighted by atomic mass is 35.5. The molecule has 120 valence electrons. The molecular formula is C18H18Cl2N2O. The van der Waals surface area contributed by atoms with Crippen molar-refractivity contribution >= 4 is 35.3 Å². The van der Waals surface area contributed by atoms with Gasteiger partial charge in [-0.3, -0.25) is 4.79 Å². The molecule has 0 saturated heterocycles. The van der Waals surface area contributed by atoms with Gasteiger partial charge < -0.3 is 10.6 Å². The van der Waals surface area contributed by atoms with Crippen molar-refractivity contribution in [3.63, 3.8) is 0 Å². The predicted octanol–water partition coefficient (Wildman–Crippen LogP) is 4.75. The molecule has 0 aliphatic heterocycles. The summed E-state index contributed by atoms with van der Waals surface area (Å²) in [6, 6.07) is 12.2. The number of fused-ring (bicyclic) bond motifs is 1. The normalized spacial score (nSPS) is 20.0. The van der Waals surface area contributed by atoms with Gasteiger partial charge in [-0.25, -0.2) is 0 Å². The maximum Gasteiger partial charge on any atom is 0.211 e. The number of carbonyl (C=O) groups is 1. The first-order valence-electron chi connectivity index (χ1n) is 7.60. The summed E-state index contributed by atoms with van der Waals surface area (Å²) in [5, 5.41) is 7.24. The van der Waals surface area contributed by atoms with E-state index < -0.39 is 0 Å². The number of hydrogen-bond acceptors (Lipinski definition) is 2. The van der Waals surface area contributed by atoms with Gasteiger partial charge in [-0.05, 0) is 60.8 Å². The topological polar surface area (TPSA) is 41.1 Å². The molecule has 1 amide bonds. The lowest BCUT2D eigenvalue weighted by molar-refractivity contribution is -0.105. The summed E-state index contributed by atoms with van der Waals surface area (Å²) >= 11 is 12.2. The molecule has 0 saturated carbocycles. The fraction of sp³-hybridized carbons (Fsp3) is 0.278. The molecule has 1 aliphatic carbocycles. The maximum absolute atomic E-state index is 10.7. The number of amides is 1. The number of anilines is 1. The molecule has 23 heavy (non-hydrogen) atoms. The highest BCUT2D eigenvalue weighted by Crippen LogP contribution is 2.43. The highest BCUT2D eigenvalue weighted by Gasteiger charge is 2.28. The van der Waals surface area contributed by atoms with E-state index in [1.54, 1.807) is 0 Å². The lowest BCUT2D eigenvalue weighted by atomic mass is 9.76. The molecule has 1 aliphatic rings. The van der Waals surface area contributed by atoms with Crippen molar-refractivity contribution in [1.82, 2.24) is 5.32 Å². The van der Waals surface area contributed by atoms with Crippen LogP contribution in [0.1, 0.15) is 41.5 Å². The Balaban J connectivity index is 2.05. The zero-order valence-corrected chi connectivity index (χ0v) is 14.3. The molecule has 5 heteroatoms. The second kappa shape index (κ2) is 6.91. The first-order chi connectivity index (χ1) is 11.1. The van der Waals surface area contributed by atoms with Crippen LogP contribution in [0.4, 0.5) is 5.69 Å². The summed E-state index contributed by atoms with van der Waals surface area (Å²) in [6.07, 6.45) is 2.77. The number of nitrogens with one attached hydrogen (secondary N) is 2. The van der Waals surface area contributed by atoms with E-state index in [-0.39, 0.29) is 12.0 Å². The lowest BCUT2D eigenvalue weighted by Gasteiger charge is -2.32. The van der Waals surface area contributed by atoms with Crippen LogP contribution in [0.15, 0.2) is 36.4 Å². The van der Waals surface area contributed by atoms with Crippen molar-refractivity contribution in [3.8, 4) is 0 Å². The number of halogens is 2. The highest BCUT2D eigenvalue weighted by molar-refractivity contribution is 6.42. The number of rotatable bonds is 4. The molecular weight excluding hydrogens is 331 g/mol. The third-order valence-corrected chi connectivity index (χ3v) is 5.24. The molecule has 2 aromatic carbocycles. The monoisotopic (exact) mass is 348 g/mol. The molecule has 2 atom stereocenters. The Labute approximate surface area is 146 Å². The van der Waals surface area contributed by atoms with Gasteiger partial charge in [-0.15, -0.1) is 0 Å². The van der Waals surface area contributed by atoms with Gasteiger partial charge in [0.1, 0.15) is 0 Å². The Bertz CT molecular complexity index is 733. The molecule has 0 radical (unpaired) electrons. The van der Waals surface area contributed by atoms with E-state index in [0.29, 0.717) is 16.5 Å². The van der Waals surface area contributed by atoms with Crippen LogP contribution in [-0.2, 0) is 4.79 Å². The minimum atomic E-state index is 0.287. The molecule has 0 unspecified atom stereocenters. The second-order valence-electron chi connectivity index (χ2n) is 5.75. The average molecular weight is 349 g/mol. The Morgan fingerprint density at radius 3 is 2.57 bits per heavy atom. The molecule has 0 fully saturated rings. The summed E-state index contributed by atoms with van der Waals surface area (Å²) in [7, 11) is 1.97. The first kappa shape index (κ1) is 16.3. The average Bonchev–Trinajstić information content (AvgIpc) is 2.56. The lowest BCUT2D eigenvalue weighted by Crippen LogP contribution is -2.24. The molecule has 0 bridgehead atoms. The Kier molecular flexibility index (Phi) is 4.90. The van der Waals surface area contributed by atoms with Crippen LogP contribution in [-0.4, -0.2) is 13.5 Å². The maximum atomic E-state index is 10.7. The molecule has 2 N–H and O–H groups in total. The Morgan fingerprint density at radius 1 is 1.04 bits per heavy atom. The van der Waals surface area contributed by atoms with E-state index in [1.165, 1.54) is 16.7 Å². The minimum Gasteiger partial charge on any atom is -0.329 e. The Hall–Kier alpha value is -1.55. The van der Waals surface area contributed by atoms with Gasteiger partial charge >= 0.3 is 0 Å². The molecule has 3 nitrogen and oxygen atoms in total. The molecule has 0 aromatic heterocycles. The van der Waals surface area contributed by atoms with Gasteiger partial charge in [0.05, 0.1) is 10.0 Å². The third-order valence-electron chi connectivity index (χ3n) is 4.50. The SMILES string of the molecule is CN[C@H]1CC[C@@H](c2ccc(Cl)c(Cl)c2)c2ccc(NC=O)cc21. The quantitative estimate of drug-likeness (QED) is 0.783. The van der Waals surface area contributed by atoms with Gasteiger partial charge in [0, 0.05) is 17.6 Å². The van der Waals surface area contributed by atoms with E-state index in [1.807, 2.05) is 31.3 Å². The number of hydrogen-bond donors (Lipinski definition) is 2. The summed E-state index contributed by atoms with van der Waals surface area (Å²) in [5.41, 5.74) is 4.48. The van der Waals surface area contributed by atoms with Gasteiger partial charge in [0.15, 0.2) is 0 Å². The standard InChI is InChI=1S/C18H18Cl2N2O/c1-21-18-7-5-13(11-2-6-16(19)17(20)8-11)14-4-3-12(22-10-23)9-15(14)18/h2-4,6,8-10,13,18,21H,5,7H2,1H3,(H,22,23)/t13-,18-/m0/s1. The fourth-order valence-corrected chi connectivity index (χ4v) is 3.68. The predicted molar refractivity (Wildman–Crippen MR) is 95.5 cm³/mol. The molecule has 2 aromatic rings. The van der Waals surface area contributed by atoms with E-state index in [9.17, 15) is 4.79 Å². The minimum absolute atomic E-state index is 0.287. The van der Waals surface area contributed by atoms with Crippen LogP contribution in [0.25, 0.3) is 0 Å². The molecule has 0 spiro atoms. The summed E-state index contributed by atoms with van der Waals surface area (Å²) in [6.45, 7) is 0. The van der Waals surface area contributed by atoms with Crippen molar-refractivity contribution in [2.75, 3.05) is 12.4 Å². The summed E-state index contributed by atoms with van der Waals surface area (Å²) < 4.78 is 0. The zero-order valence-electron chi connectivity index (χ0n) is 12.8. The Morgan fingerprint density at radius 2 is 1.87 bits per heavy atom. The van der Waals surface area contributed by atoms with Crippen molar-refractivity contribution in [2.24, 2.45) is 0 Å². The summed E-state index contributed by atoms with van der Waals surface area (Å²) in [4.78, 5) is 10.7. The van der Waals surface area contributed by atoms with Gasteiger partial charge in [-0.1, -0.05) is 35.3 Å². The molecule has 3 rings (SSSR count). The van der Waals surface area contributed by atoms with Crippen molar-refractivity contribution in [2.45, 2.75) is 24.8 Å². The van der Waals surface area contributed by atoms with Crippen LogP contribution in [0.5, 0.6) is 0 Å². The fourth-order valence-electron chi connectivity index (χ4n) is 3.37. The third kappa shape index (κ3) is 3.23. The summed E-state index contributed by atoms with van der Waals surface area (Å²) in [5.74, 6) is 0.287. The van der Waals surface area contributed by atoms with E-state index in [2.05, 4.69) is 22.8 Å². The molecule has 0 heterocycles. The van der Waals surface area contributed by atoms with Crippen molar-refractivity contribution in [3.05, 3.63) is 63.1 Å². The van der Waals surface area contributed by atoms with Crippen molar-refractivity contribution in [1.29, 1.82) is 0 Å². The number of benzene rings is 2. The zero-order chi connectivity index (χ0) is 16.4. The smallest absolute Gasteiger partial charge is 0.211 e. The first-order valence-corrected chi connectivity index (χ1v) is 8.36. The van der Waals surface area contributed by atoms with Crippen LogP contribution >= 0.6 is 23.2 Å².